The van der Waals surface area contributed by atoms with Crippen LogP contribution in [0.25, 0.3) is 10.9 Å². The molecule has 0 spiro atoms. The molecular formula is C22H24ClN7O2. The van der Waals surface area contributed by atoms with E-state index in [1.807, 2.05) is 38.1 Å². The zero-order valence-corrected chi connectivity index (χ0v) is 18.9. The maximum atomic E-state index is 6.62. The number of hydrogen-bond acceptors (Lipinski definition) is 8. The number of H-pyrrole nitrogens is 1. The number of rotatable bonds is 5. The average molecular weight is 454 g/mol. The zero-order valence-electron chi connectivity index (χ0n) is 18.1. The van der Waals surface area contributed by atoms with Gasteiger partial charge in [0.25, 0.3) is 6.01 Å². The van der Waals surface area contributed by atoms with Crippen LogP contribution in [0.2, 0.25) is 5.02 Å². The van der Waals surface area contributed by atoms with Crippen LogP contribution in [0.1, 0.15) is 11.5 Å². The minimum atomic E-state index is 0.195. The summed E-state index contributed by atoms with van der Waals surface area (Å²) in [7, 11) is 2.12. The van der Waals surface area contributed by atoms with E-state index in [9.17, 15) is 0 Å². The Bertz CT molecular complexity index is 1260. The van der Waals surface area contributed by atoms with Crippen molar-refractivity contribution in [2.75, 3.05) is 43.4 Å². The summed E-state index contributed by atoms with van der Waals surface area (Å²) >= 11 is 6.62. The summed E-state index contributed by atoms with van der Waals surface area (Å²) in [5.41, 5.74) is 1.98. The number of fused-ring (bicyclic) bond motifs is 1. The Labute approximate surface area is 190 Å². The fourth-order valence-electron chi connectivity index (χ4n) is 3.71. The number of aryl methyl sites for hydroxylation is 2. The van der Waals surface area contributed by atoms with E-state index in [2.05, 4.69) is 42.1 Å². The van der Waals surface area contributed by atoms with Crippen molar-refractivity contribution in [2.45, 2.75) is 13.8 Å². The number of aromatic amines is 1. The summed E-state index contributed by atoms with van der Waals surface area (Å²) in [6.45, 7) is 7.46. The van der Waals surface area contributed by atoms with E-state index in [4.69, 9.17) is 20.8 Å². The Morgan fingerprint density at radius 3 is 2.69 bits per heavy atom. The van der Waals surface area contributed by atoms with E-state index in [-0.39, 0.29) is 6.01 Å². The Morgan fingerprint density at radius 2 is 1.94 bits per heavy atom. The van der Waals surface area contributed by atoms with Gasteiger partial charge in [0, 0.05) is 48.8 Å². The monoisotopic (exact) mass is 453 g/mol. The normalized spacial score (nSPS) is 14.8. The number of hydrogen-bond donors (Lipinski definition) is 2. The van der Waals surface area contributed by atoms with Gasteiger partial charge in [-0.1, -0.05) is 11.6 Å². The summed E-state index contributed by atoms with van der Waals surface area (Å²) in [4.78, 5) is 21.2. The van der Waals surface area contributed by atoms with Crippen molar-refractivity contribution in [1.82, 2.24) is 24.8 Å². The van der Waals surface area contributed by atoms with Crippen LogP contribution in [-0.4, -0.2) is 58.1 Å². The van der Waals surface area contributed by atoms with Gasteiger partial charge in [-0.05, 0) is 39.1 Å². The third-order valence-electron chi connectivity index (χ3n) is 5.41. The number of halogens is 1. The molecule has 3 aromatic heterocycles. The molecule has 0 amide bonds. The fraction of sp³-hybridized carbons (Fsp3) is 0.318. The fourth-order valence-corrected chi connectivity index (χ4v) is 3.97. The third kappa shape index (κ3) is 4.21. The van der Waals surface area contributed by atoms with E-state index in [1.165, 1.54) is 0 Å². The lowest BCUT2D eigenvalue weighted by Gasteiger charge is -2.33. The second-order valence-electron chi connectivity index (χ2n) is 7.98. The van der Waals surface area contributed by atoms with Gasteiger partial charge in [-0.15, -0.1) is 0 Å². The summed E-state index contributed by atoms with van der Waals surface area (Å²) in [5.74, 6) is 2.50. The SMILES string of the molecule is Cc1cc2c(Cl)c(Oc3nc(Nc4ncc(C)o4)cc(N4CCN(C)CC4)n3)ccc2[nH]1. The highest BCUT2D eigenvalue weighted by Gasteiger charge is 2.19. The molecule has 1 saturated heterocycles. The summed E-state index contributed by atoms with van der Waals surface area (Å²) in [6, 6.07) is 8.17. The largest absolute Gasteiger partial charge is 0.429 e. The van der Waals surface area contributed by atoms with E-state index in [0.29, 0.717) is 28.4 Å². The highest BCUT2D eigenvalue weighted by atomic mass is 35.5. The average Bonchev–Trinajstić information content (AvgIpc) is 3.35. The van der Waals surface area contributed by atoms with E-state index in [0.717, 1.165) is 48.6 Å². The van der Waals surface area contributed by atoms with Gasteiger partial charge in [0.2, 0.25) is 0 Å². The van der Waals surface area contributed by atoms with Crippen LogP contribution in [-0.2, 0) is 0 Å². The molecule has 9 nitrogen and oxygen atoms in total. The molecule has 1 aliphatic heterocycles. The molecule has 10 heteroatoms. The van der Waals surface area contributed by atoms with Crippen LogP contribution < -0.4 is 15.0 Å². The van der Waals surface area contributed by atoms with Crippen molar-refractivity contribution in [3.8, 4) is 11.8 Å². The first-order valence-electron chi connectivity index (χ1n) is 10.4. The van der Waals surface area contributed by atoms with Gasteiger partial charge < -0.3 is 23.9 Å². The molecule has 0 atom stereocenters. The Balaban J connectivity index is 1.49. The molecule has 5 rings (SSSR count). The first-order valence-corrected chi connectivity index (χ1v) is 10.8. The molecule has 166 valence electrons. The van der Waals surface area contributed by atoms with Gasteiger partial charge in [0.15, 0.2) is 0 Å². The number of aromatic nitrogens is 4. The lowest BCUT2D eigenvalue weighted by atomic mass is 10.2. The molecule has 4 aromatic rings. The molecule has 0 radical (unpaired) electrons. The van der Waals surface area contributed by atoms with Crippen LogP contribution in [0.5, 0.6) is 11.8 Å². The molecule has 4 heterocycles. The summed E-state index contributed by atoms with van der Waals surface area (Å²) in [5, 5.41) is 4.51. The number of nitrogens with zero attached hydrogens (tertiary/aromatic N) is 5. The highest BCUT2D eigenvalue weighted by molar-refractivity contribution is 6.37. The van der Waals surface area contributed by atoms with Gasteiger partial charge in [0.05, 0.1) is 11.2 Å². The van der Waals surface area contributed by atoms with Crippen LogP contribution in [0.3, 0.4) is 0 Å². The molecular weight excluding hydrogens is 430 g/mol. The lowest BCUT2D eigenvalue weighted by molar-refractivity contribution is 0.311. The van der Waals surface area contributed by atoms with Crippen molar-refractivity contribution in [3.63, 3.8) is 0 Å². The lowest BCUT2D eigenvalue weighted by Crippen LogP contribution is -2.44. The minimum Gasteiger partial charge on any atom is -0.429 e. The van der Waals surface area contributed by atoms with E-state index >= 15 is 0 Å². The predicted octanol–water partition coefficient (Wildman–Crippen LogP) is 4.50. The molecule has 0 aliphatic carbocycles. The standard InChI is InChI=1S/C22H24ClN7O2/c1-13-10-15-16(25-13)4-5-17(20(15)23)32-22-27-18(26-21-24-12-14(2)31-21)11-19(28-22)30-8-6-29(3)7-9-30/h4-5,10-12,25H,6-9H2,1-3H3,(H,24,26,27,28). The molecule has 0 unspecified atom stereocenters. The molecule has 1 aliphatic rings. The number of ether oxygens (including phenoxy) is 1. The molecule has 0 saturated carbocycles. The van der Waals surface area contributed by atoms with Gasteiger partial charge in [-0.2, -0.15) is 9.97 Å². The van der Waals surface area contributed by atoms with Crippen LogP contribution in [0.15, 0.2) is 34.9 Å². The number of piperazine rings is 1. The highest BCUT2D eigenvalue weighted by Crippen LogP contribution is 2.36. The van der Waals surface area contributed by atoms with Crippen molar-refractivity contribution in [2.24, 2.45) is 0 Å². The van der Waals surface area contributed by atoms with Gasteiger partial charge in [0.1, 0.15) is 23.1 Å². The Hall–Kier alpha value is -3.30. The number of likely N-dealkylation sites (N-methyl/N-ethyl adjacent to an activating group) is 1. The van der Waals surface area contributed by atoms with Crippen LogP contribution in [0, 0.1) is 13.8 Å². The van der Waals surface area contributed by atoms with Gasteiger partial charge in [-0.3, -0.25) is 5.32 Å². The van der Waals surface area contributed by atoms with Crippen LogP contribution in [0.4, 0.5) is 17.7 Å². The van der Waals surface area contributed by atoms with Crippen LogP contribution >= 0.6 is 11.6 Å². The maximum absolute atomic E-state index is 6.62. The number of benzene rings is 1. The third-order valence-corrected chi connectivity index (χ3v) is 5.80. The molecule has 1 aromatic carbocycles. The number of nitrogens with one attached hydrogen (secondary N) is 2. The van der Waals surface area contributed by atoms with Crippen molar-refractivity contribution in [1.29, 1.82) is 0 Å². The smallest absolute Gasteiger partial charge is 0.325 e. The molecule has 0 bridgehead atoms. The Kier molecular flexibility index (Phi) is 5.36. The van der Waals surface area contributed by atoms with Crippen molar-refractivity contribution < 1.29 is 9.15 Å². The van der Waals surface area contributed by atoms with Crippen molar-refractivity contribution >= 4 is 40.2 Å². The Morgan fingerprint density at radius 1 is 1.12 bits per heavy atom. The second kappa shape index (κ2) is 8.33. The molecule has 32 heavy (non-hydrogen) atoms. The second-order valence-corrected chi connectivity index (χ2v) is 8.36. The van der Waals surface area contributed by atoms with Gasteiger partial charge >= 0.3 is 6.01 Å². The van der Waals surface area contributed by atoms with Crippen molar-refractivity contribution in [3.05, 3.63) is 46.9 Å². The van der Waals surface area contributed by atoms with Gasteiger partial charge in [-0.25, -0.2) is 4.98 Å². The van der Waals surface area contributed by atoms with E-state index in [1.54, 1.807) is 6.20 Å². The number of anilines is 3. The van der Waals surface area contributed by atoms with E-state index < -0.39 is 0 Å². The quantitative estimate of drug-likeness (QED) is 0.456. The first kappa shape index (κ1) is 20.6. The zero-order chi connectivity index (χ0) is 22.2. The predicted molar refractivity (Wildman–Crippen MR) is 124 cm³/mol. The molecule has 2 N–H and O–H groups in total. The summed E-state index contributed by atoms with van der Waals surface area (Å²) in [6.07, 6.45) is 1.65. The number of oxazole rings is 1. The maximum Gasteiger partial charge on any atom is 0.325 e. The molecule has 1 fully saturated rings. The summed E-state index contributed by atoms with van der Waals surface area (Å²) < 4.78 is 11.6. The first-order chi connectivity index (χ1) is 15.4. The topological polar surface area (TPSA) is 95.3 Å². The minimum absolute atomic E-state index is 0.195.